The zero-order valence-corrected chi connectivity index (χ0v) is 18.0. The fourth-order valence-electron chi connectivity index (χ4n) is 3.13. The van der Waals surface area contributed by atoms with Crippen molar-refractivity contribution in [1.82, 2.24) is 9.71 Å². The van der Waals surface area contributed by atoms with Crippen LogP contribution >= 0.6 is 23.3 Å². The molecule has 0 aliphatic carbocycles. The number of nitriles is 1. The SMILES string of the molecule is CSNC(=O)c1nc(N(Cc2ccc3occc3c2)c2ccc(C#N)cc2)sc1C. The van der Waals surface area contributed by atoms with E-state index in [2.05, 4.69) is 26.7 Å². The third-order valence-electron chi connectivity index (χ3n) is 4.59. The largest absolute Gasteiger partial charge is 0.464 e. The monoisotopic (exact) mass is 434 g/mol. The molecule has 1 amide bonds. The van der Waals surface area contributed by atoms with Crippen molar-refractivity contribution in [3.05, 3.63) is 76.5 Å². The Hall–Kier alpha value is -3.28. The Kier molecular flexibility index (Phi) is 5.74. The van der Waals surface area contributed by atoms with E-state index in [1.165, 1.54) is 23.3 Å². The highest BCUT2D eigenvalue weighted by Gasteiger charge is 2.20. The first kappa shape index (κ1) is 20.0. The van der Waals surface area contributed by atoms with Crippen LogP contribution in [0.25, 0.3) is 11.0 Å². The van der Waals surface area contributed by atoms with Crippen LogP contribution in [-0.2, 0) is 6.54 Å². The van der Waals surface area contributed by atoms with Crippen molar-refractivity contribution in [2.75, 3.05) is 11.2 Å². The van der Waals surface area contributed by atoms with Crippen LogP contribution in [0.5, 0.6) is 0 Å². The summed E-state index contributed by atoms with van der Waals surface area (Å²) in [4.78, 5) is 19.9. The number of carbonyl (C=O) groups excluding carboxylic acids is 1. The van der Waals surface area contributed by atoms with Crippen molar-refractivity contribution in [3.8, 4) is 6.07 Å². The molecule has 2 heterocycles. The molecule has 0 saturated carbocycles. The van der Waals surface area contributed by atoms with Crippen molar-refractivity contribution in [2.24, 2.45) is 0 Å². The van der Waals surface area contributed by atoms with Crippen LogP contribution in [0, 0.1) is 18.3 Å². The molecular formula is C22H18N4O2S2. The van der Waals surface area contributed by atoms with Crippen LogP contribution in [0.3, 0.4) is 0 Å². The second-order valence-electron chi connectivity index (χ2n) is 6.57. The average Bonchev–Trinajstić information content (AvgIpc) is 3.38. The van der Waals surface area contributed by atoms with Gasteiger partial charge in [0.2, 0.25) is 0 Å². The first-order valence-electron chi connectivity index (χ1n) is 9.13. The van der Waals surface area contributed by atoms with Gasteiger partial charge in [-0.1, -0.05) is 18.0 Å². The van der Waals surface area contributed by atoms with Crippen LogP contribution in [0.4, 0.5) is 10.8 Å². The van der Waals surface area contributed by atoms with Crippen LogP contribution in [0.2, 0.25) is 0 Å². The summed E-state index contributed by atoms with van der Waals surface area (Å²) in [6.45, 7) is 2.45. The Morgan fingerprint density at radius 1 is 1.27 bits per heavy atom. The van der Waals surface area contributed by atoms with Gasteiger partial charge in [-0.25, -0.2) is 4.98 Å². The number of aryl methyl sites for hydroxylation is 1. The minimum absolute atomic E-state index is 0.206. The van der Waals surface area contributed by atoms with Crippen molar-refractivity contribution >= 4 is 51.0 Å². The number of nitrogens with one attached hydrogen (secondary N) is 1. The van der Waals surface area contributed by atoms with Gasteiger partial charge in [0.15, 0.2) is 5.13 Å². The normalized spacial score (nSPS) is 10.7. The van der Waals surface area contributed by atoms with Crippen molar-refractivity contribution < 1.29 is 9.21 Å². The molecule has 2 aromatic carbocycles. The van der Waals surface area contributed by atoms with Crippen molar-refractivity contribution in [3.63, 3.8) is 0 Å². The number of benzene rings is 2. The van der Waals surface area contributed by atoms with E-state index in [0.29, 0.717) is 17.8 Å². The Morgan fingerprint density at radius 3 is 2.80 bits per heavy atom. The van der Waals surface area contributed by atoms with E-state index in [1.807, 2.05) is 37.3 Å². The second-order valence-corrected chi connectivity index (χ2v) is 8.37. The van der Waals surface area contributed by atoms with E-state index in [1.54, 1.807) is 24.7 Å². The average molecular weight is 435 g/mol. The molecule has 30 heavy (non-hydrogen) atoms. The topological polar surface area (TPSA) is 82.2 Å². The molecule has 4 aromatic rings. The van der Waals surface area contributed by atoms with Gasteiger partial charge in [-0.05, 0) is 55.0 Å². The van der Waals surface area contributed by atoms with Gasteiger partial charge in [0.25, 0.3) is 5.91 Å². The Bertz CT molecular complexity index is 1240. The van der Waals surface area contributed by atoms with Gasteiger partial charge < -0.3 is 9.32 Å². The maximum Gasteiger partial charge on any atom is 0.280 e. The van der Waals surface area contributed by atoms with Gasteiger partial charge in [0.1, 0.15) is 11.3 Å². The number of amides is 1. The van der Waals surface area contributed by atoms with Crippen LogP contribution in [-0.4, -0.2) is 17.1 Å². The maximum atomic E-state index is 12.3. The number of rotatable bonds is 6. The minimum Gasteiger partial charge on any atom is -0.464 e. The molecule has 6 nitrogen and oxygen atoms in total. The van der Waals surface area contributed by atoms with Crippen LogP contribution in [0.1, 0.15) is 26.5 Å². The van der Waals surface area contributed by atoms with Crippen molar-refractivity contribution in [2.45, 2.75) is 13.5 Å². The van der Waals surface area contributed by atoms with Gasteiger partial charge in [-0.3, -0.25) is 9.52 Å². The molecular weight excluding hydrogens is 416 g/mol. The zero-order chi connectivity index (χ0) is 21.1. The molecule has 0 aliphatic rings. The van der Waals surface area contributed by atoms with E-state index in [-0.39, 0.29) is 5.91 Å². The van der Waals surface area contributed by atoms with E-state index < -0.39 is 0 Å². The fraction of sp³-hybridized carbons (Fsp3) is 0.136. The molecule has 1 N–H and O–H groups in total. The number of anilines is 2. The lowest BCUT2D eigenvalue weighted by Gasteiger charge is -2.22. The third-order valence-corrected chi connectivity index (χ3v) is 5.97. The van der Waals surface area contributed by atoms with E-state index >= 15 is 0 Å². The first-order valence-corrected chi connectivity index (χ1v) is 11.2. The van der Waals surface area contributed by atoms with E-state index in [0.717, 1.165) is 32.2 Å². The molecule has 8 heteroatoms. The van der Waals surface area contributed by atoms with Gasteiger partial charge in [-0.15, -0.1) is 11.3 Å². The van der Waals surface area contributed by atoms with Crippen LogP contribution in [0.15, 0.2) is 59.2 Å². The quantitative estimate of drug-likeness (QED) is 0.408. The molecule has 0 fully saturated rings. The standard InChI is InChI=1S/C22H18N4O2S2/c1-14-20(21(27)25-29-2)24-22(30-14)26(18-6-3-15(12-23)4-7-18)13-16-5-8-19-17(11-16)9-10-28-19/h3-11H,13H2,1-2H3,(H,25,27). The second kappa shape index (κ2) is 8.61. The fourth-order valence-corrected chi connectivity index (χ4v) is 4.34. The number of furan rings is 1. The number of carbonyl (C=O) groups is 1. The Labute approximate surface area is 182 Å². The molecule has 4 rings (SSSR count). The summed E-state index contributed by atoms with van der Waals surface area (Å²) in [5, 5.41) is 10.9. The Morgan fingerprint density at radius 2 is 2.07 bits per heavy atom. The van der Waals surface area contributed by atoms with Gasteiger partial charge in [0, 0.05) is 22.2 Å². The predicted molar refractivity (Wildman–Crippen MR) is 121 cm³/mol. The summed E-state index contributed by atoms with van der Waals surface area (Å²) >= 11 is 2.72. The number of thiazole rings is 1. The highest BCUT2D eigenvalue weighted by atomic mass is 32.2. The molecule has 0 saturated heterocycles. The summed E-state index contributed by atoms with van der Waals surface area (Å²) < 4.78 is 8.17. The molecule has 0 aliphatic heterocycles. The molecule has 0 bridgehead atoms. The highest BCUT2D eigenvalue weighted by molar-refractivity contribution is 7.97. The summed E-state index contributed by atoms with van der Waals surface area (Å²) in [7, 11) is 0. The first-order chi connectivity index (χ1) is 14.6. The summed E-state index contributed by atoms with van der Waals surface area (Å²) in [6, 6.07) is 17.5. The maximum absolute atomic E-state index is 12.3. The van der Waals surface area contributed by atoms with E-state index in [9.17, 15) is 4.79 Å². The van der Waals surface area contributed by atoms with Crippen LogP contribution < -0.4 is 9.62 Å². The summed E-state index contributed by atoms with van der Waals surface area (Å²) in [6.07, 6.45) is 3.48. The number of hydrogen-bond donors (Lipinski definition) is 1. The number of fused-ring (bicyclic) bond motifs is 1. The predicted octanol–water partition coefficient (Wildman–Crippen LogP) is 5.42. The van der Waals surface area contributed by atoms with E-state index in [4.69, 9.17) is 9.68 Å². The molecule has 2 aromatic heterocycles. The minimum atomic E-state index is -0.206. The smallest absolute Gasteiger partial charge is 0.280 e. The molecule has 150 valence electrons. The molecule has 0 atom stereocenters. The molecule has 0 spiro atoms. The lowest BCUT2D eigenvalue weighted by molar-refractivity contribution is 0.0980. The summed E-state index contributed by atoms with van der Waals surface area (Å²) in [5.74, 6) is -0.206. The summed E-state index contributed by atoms with van der Waals surface area (Å²) in [5.41, 5.74) is 3.83. The van der Waals surface area contributed by atoms with Gasteiger partial charge >= 0.3 is 0 Å². The zero-order valence-electron chi connectivity index (χ0n) is 16.4. The number of nitrogens with zero attached hydrogens (tertiary/aromatic N) is 3. The third kappa shape index (κ3) is 4.03. The van der Waals surface area contributed by atoms with Gasteiger partial charge in [0.05, 0.1) is 24.4 Å². The molecule has 0 radical (unpaired) electrons. The highest BCUT2D eigenvalue weighted by Crippen LogP contribution is 2.34. The number of hydrogen-bond acceptors (Lipinski definition) is 7. The van der Waals surface area contributed by atoms with Gasteiger partial charge in [-0.2, -0.15) is 5.26 Å². The van der Waals surface area contributed by atoms with Crippen molar-refractivity contribution in [1.29, 1.82) is 5.26 Å². The lowest BCUT2D eigenvalue weighted by Crippen LogP contribution is -2.19. The lowest BCUT2D eigenvalue weighted by atomic mass is 10.1. The molecule has 0 unspecified atom stereocenters. The number of aromatic nitrogens is 1. The Balaban J connectivity index is 1.74.